The Morgan fingerprint density at radius 2 is 0.969 bits per heavy atom. The number of fused-ring (bicyclic) bond motifs is 1. The zero-order valence-corrected chi connectivity index (χ0v) is 75.3. The molecule has 690 valence electrons. The van der Waals surface area contributed by atoms with Crippen molar-refractivity contribution in [1.29, 1.82) is 0 Å². The van der Waals surface area contributed by atoms with Gasteiger partial charge in [-0.05, 0) is 101 Å². The van der Waals surface area contributed by atoms with Crippen molar-refractivity contribution < 1.29 is 91.6 Å². The molecule has 0 saturated carbocycles. The van der Waals surface area contributed by atoms with Crippen LogP contribution in [0.3, 0.4) is 0 Å². The van der Waals surface area contributed by atoms with Crippen molar-refractivity contribution in [3.63, 3.8) is 0 Å². The Morgan fingerprint density at radius 1 is 0.504 bits per heavy atom. The maximum atomic E-state index is 15.5. The van der Waals surface area contributed by atoms with Gasteiger partial charge in [-0.15, -0.1) is 11.8 Å². The van der Waals surface area contributed by atoms with Gasteiger partial charge < -0.3 is 98.8 Å². The van der Waals surface area contributed by atoms with Crippen LogP contribution in [0.5, 0.6) is 11.5 Å². The number of H-pyrrole nitrogens is 1. The van der Waals surface area contributed by atoms with Gasteiger partial charge in [0, 0.05) is 96.0 Å². The molecule has 129 heavy (non-hydrogen) atoms. The lowest BCUT2D eigenvalue weighted by Gasteiger charge is -2.37. The second kappa shape index (κ2) is 49.3. The number of nitrogens with zero attached hydrogens (tertiary/aromatic N) is 4. The largest absolute Gasteiger partial charge is 0.508 e. The number of aliphatic hydroxyl groups is 1. The van der Waals surface area contributed by atoms with Gasteiger partial charge in [0.1, 0.15) is 83.8 Å². The van der Waals surface area contributed by atoms with E-state index in [1.165, 1.54) is 98.7 Å². The molecule has 11 atom stereocenters. The Bertz CT molecular complexity index is 5110. The minimum absolute atomic E-state index is 0.0474. The summed E-state index contributed by atoms with van der Waals surface area (Å²) in [6, 6.07) is 23.7. The number of likely N-dealkylation sites (N-methyl/N-ethyl adjacent to an activating group) is 4. The normalized spacial score (nSPS) is 21.8. The minimum atomic E-state index is -1.70. The molecule has 34 nitrogen and oxygen atoms in total. The van der Waals surface area contributed by atoms with Crippen molar-refractivity contribution in [2.45, 2.75) is 172 Å². The molecule has 1 aromatic heterocycles. The van der Waals surface area contributed by atoms with Crippen LogP contribution in [0.2, 0.25) is 0 Å². The molecule has 1 saturated heterocycles. The number of aromatic amines is 1. The Hall–Kier alpha value is -13.1. The minimum Gasteiger partial charge on any atom is -0.508 e. The van der Waals surface area contributed by atoms with E-state index in [1.54, 1.807) is 119 Å². The number of aliphatic hydroxyl groups excluding tert-OH is 1. The molecule has 6 aromatic carbocycles. The first-order valence-electron chi connectivity index (χ1n) is 42.4. The second-order valence-electron chi connectivity index (χ2n) is 32.9. The molecule has 37 heteroatoms. The van der Waals surface area contributed by atoms with E-state index in [2.05, 4.69) is 67.0 Å². The van der Waals surface area contributed by atoms with Crippen LogP contribution < -0.4 is 58.9 Å². The Balaban J connectivity index is 1.21. The van der Waals surface area contributed by atoms with Gasteiger partial charge >= 0.3 is 0 Å². The number of rotatable bonds is 23. The van der Waals surface area contributed by atoms with Gasteiger partial charge in [0.15, 0.2) is 0 Å². The summed E-state index contributed by atoms with van der Waals surface area (Å²) in [5, 5.41) is 58.6. The average Bonchev–Trinajstić information content (AvgIpc) is 1.77. The van der Waals surface area contributed by atoms with E-state index in [1.807, 2.05) is 6.92 Å². The zero-order chi connectivity index (χ0) is 94.3. The van der Waals surface area contributed by atoms with E-state index in [0.29, 0.717) is 51.6 Å². The van der Waals surface area contributed by atoms with Gasteiger partial charge in [-0.2, -0.15) is 0 Å². The smallest absolute Gasteiger partial charge is 0.246 e. The number of nitrogens with two attached hydrogens (primary N) is 1. The van der Waals surface area contributed by atoms with E-state index in [0.717, 1.165) is 33.7 Å². The summed E-state index contributed by atoms with van der Waals surface area (Å²) in [5.74, 6) is -16.7. The molecule has 7 aromatic rings. The molecule has 1 aliphatic heterocycles. The molecule has 0 bridgehead atoms. The Morgan fingerprint density at radius 3 is 1.53 bits per heavy atom. The van der Waals surface area contributed by atoms with Gasteiger partial charge in [0.05, 0.1) is 30.9 Å². The maximum absolute atomic E-state index is 15.5. The maximum Gasteiger partial charge on any atom is 0.246 e. The molecule has 15 amide bonds. The number of hydrogen-bond donors (Lipinski definition) is 15. The van der Waals surface area contributed by atoms with Crippen molar-refractivity contribution in [2.24, 2.45) is 17.6 Å². The van der Waals surface area contributed by atoms with Gasteiger partial charge in [0.25, 0.3) is 0 Å². The molecule has 0 aliphatic carbocycles. The highest BCUT2D eigenvalue weighted by atomic mass is 32.2. The molecule has 0 spiro atoms. The number of para-hydroxylation sites is 1. The second-order valence-corrected chi connectivity index (χ2v) is 34.5. The third-order valence-electron chi connectivity index (χ3n) is 21.7. The molecule has 0 radical (unpaired) electrons. The van der Waals surface area contributed by atoms with Gasteiger partial charge in [-0.1, -0.05) is 172 Å². The fourth-order valence-corrected chi connectivity index (χ4v) is 15.8. The predicted octanol–water partition coefficient (Wildman–Crippen LogP) is 2.68. The van der Waals surface area contributed by atoms with E-state index >= 15 is 38.0 Å². The number of aromatic hydroxyl groups is 2. The number of phenols is 2. The van der Waals surface area contributed by atoms with E-state index < -0.39 is 211 Å². The molecule has 2 heterocycles. The van der Waals surface area contributed by atoms with Crippen LogP contribution in [0, 0.1) is 17.7 Å². The number of phenolic OH excluding ortho intramolecular Hbond substituents is 2. The van der Waals surface area contributed by atoms with Crippen LogP contribution in [-0.2, 0) is 110 Å². The van der Waals surface area contributed by atoms with Crippen molar-refractivity contribution in [2.75, 3.05) is 59.3 Å². The molecule has 1 fully saturated rings. The third-order valence-corrected chi connectivity index (χ3v) is 22.9. The lowest BCUT2D eigenvalue weighted by Crippen LogP contribution is -2.61. The number of thioether (sulfide) groups is 1. The summed E-state index contributed by atoms with van der Waals surface area (Å²) in [6.45, 7) is 6.17. The number of carbonyl (C=O) groups excluding carboxylic acids is 15. The van der Waals surface area contributed by atoms with Crippen molar-refractivity contribution in [3.05, 3.63) is 203 Å². The Kier molecular flexibility index (Phi) is 38.7. The molecule has 16 N–H and O–H groups in total. The number of nitrogens with one attached hydrogen (secondary N) is 11. The predicted molar refractivity (Wildman–Crippen MR) is 485 cm³/mol. The molecular formula is C92H116FN16O18PS. The number of halogens is 1. The summed E-state index contributed by atoms with van der Waals surface area (Å²) in [7, 11) is 8.30. The number of aromatic nitrogens is 1. The summed E-state index contributed by atoms with van der Waals surface area (Å²) >= 11 is 0.830. The molecule has 8 rings (SSSR count). The molecule has 1 aliphatic rings. The zero-order valence-electron chi connectivity index (χ0n) is 73.5. The van der Waals surface area contributed by atoms with Gasteiger partial charge in [0.2, 0.25) is 88.6 Å². The van der Waals surface area contributed by atoms with Gasteiger partial charge in [-0.25, -0.2) is 4.39 Å². The summed E-state index contributed by atoms with van der Waals surface area (Å²) in [6.07, 6.45) is 0.266. The van der Waals surface area contributed by atoms with E-state index in [9.17, 15) is 53.7 Å². The summed E-state index contributed by atoms with van der Waals surface area (Å²) < 4.78 is 15.1. The molecular weight excluding hydrogens is 1700 g/mol. The van der Waals surface area contributed by atoms with Crippen LogP contribution in [0.15, 0.2) is 164 Å². The molecule has 0 unspecified atom stereocenters. The monoisotopic (exact) mass is 1810 g/mol. The van der Waals surface area contributed by atoms with Crippen LogP contribution in [-0.4, -0.2) is 260 Å². The van der Waals surface area contributed by atoms with Gasteiger partial charge in [-0.3, -0.25) is 71.9 Å². The van der Waals surface area contributed by atoms with Crippen LogP contribution in [0.1, 0.15) is 100 Å². The van der Waals surface area contributed by atoms with E-state index in [-0.39, 0.29) is 73.7 Å². The first kappa shape index (κ1) is 101. The number of carbonyl (C=O) groups is 15. The van der Waals surface area contributed by atoms with Crippen LogP contribution in [0.4, 0.5) is 4.39 Å². The standard InChI is InChI=1S/C92H116FN16O18PS/c1-10-11-29-74-91(126)107(7)50-78(114)98-70(46-80(116)128)87(122)105-81(54(4)5)88(123)102-68(43-59-25-20-26-61(93)39-59)85(120)103-71(42-58-32-36-63(111)37-33-58)89(124)106(6)49-77(113)97-69(45-60-47-95-65-28-19-18-27-64(60)65)86(121)101-67(40-57-30-34-62(110)35-31-57)84(119)100-66(38-53(2)3)83(118)104-73(82(117)96-48-76(94)112)51-129-52-79(115)99-72(41-55-21-14-12-15-22-55)90(125)109(9)75(92(127)108(74)8)44-56-23-16-13-17-24-56/h12-28,30-37,39,47,53-54,66-75,81,95,110-111,116,128H,10-11,29,38,40-46,48-52H2,1-9H3,(H2,94,112)(H,96,117)(H,97,113)(H,98,114)(H,99,115)(H,100,119)(H,101,121)(H,102,123)(H,103,120)(H,104,118)(H,105,122)/t66-,67-,68-,69-,70-,71-,72-,73-,74-,75-,81-/m0/s1. The number of primary amides is 1. The topological polar surface area (TPSA) is 492 Å². The summed E-state index contributed by atoms with van der Waals surface area (Å²) in [5.41, 5.74) is 8.17. The SMILES string of the molecule is CCCC[C@H]1C(=O)N(C)CC(=O)N[C@@H](CC(O)=P)C(=O)N[C@@H](C(C)C)C(=O)N[C@@H](Cc2cccc(F)c2)C(=O)N[C@@H](Cc2ccc(O)cc2)C(=O)N(C)CC(=O)N[C@@H](Cc2c[nH]c3ccccc23)C(=O)N[C@@H](Cc2ccc(O)cc2)C(=O)N[C@@H](CC(C)C)C(=O)N[C@H](C(=O)NCC(N)=O)CSCC(=O)N[C@@H](Cc2ccccc2)C(=O)N(C)[C@@H](Cc2ccccc2)C(=O)N1C. The lowest BCUT2D eigenvalue weighted by molar-refractivity contribution is -0.151. The number of unbranched alkanes of at least 4 members (excludes halogenated alkanes) is 1. The highest BCUT2D eigenvalue weighted by Gasteiger charge is 2.41. The highest BCUT2D eigenvalue weighted by Crippen LogP contribution is 2.24. The first-order chi connectivity index (χ1) is 61.3. The third kappa shape index (κ3) is 31.4. The fraction of sp³-hybridized carbons (Fsp3) is 0.413. The lowest BCUT2D eigenvalue weighted by atomic mass is 9.99. The van der Waals surface area contributed by atoms with Crippen LogP contribution >= 0.6 is 20.6 Å². The Labute approximate surface area is 754 Å². The highest BCUT2D eigenvalue weighted by molar-refractivity contribution is 8.00. The quantitative estimate of drug-likeness (QED) is 0.0409. The van der Waals surface area contributed by atoms with Crippen molar-refractivity contribution in [1.82, 2.24) is 77.8 Å². The van der Waals surface area contributed by atoms with Crippen molar-refractivity contribution >= 4 is 126 Å². The summed E-state index contributed by atoms with van der Waals surface area (Å²) in [4.78, 5) is 229. The van der Waals surface area contributed by atoms with Crippen molar-refractivity contribution in [3.8, 4) is 11.5 Å². The first-order valence-corrected chi connectivity index (χ1v) is 44.1. The fourth-order valence-electron chi connectivity index (χ4n) is 14.7. The number of benzene rings is 6. The number of hydrogen-bond acceptors (Lipinski definition) is 18. The van der Waals surface area contributed by atoms with E-state index in [4.69, 9.17) is 5.73 Å². The number of amides is 15. The average molecular weight is 1820 g/mol. The van der Waals surface area contributed by atoms with Crippen LogP contribution in [0.25, 0.3) is 10.9 Å².